The first-order chi connectivity index (χ1) is 14.0. The number of aliphatic imine (C=N–C) groups is 1. The van der Waals surface area contributed by atoms with Gasteiger partial charge in [-0.25, -0.2) is 18.6 Å². The van der Waals surface area contributed by atoms with Crippen LogP contribution in [0.5, 0.6) is 0 Å². The van der Waals surface area contributed by atoms with E-state index in [1.54, 1.807) is 13.1 Å². The molecule has 1 aliphatic carbocycles. The van der Waals surface area contributed by atoms with Crippen molar-refractivity contribution in [3.63, 3.8) is 0 Å². The van der Waals surface area contributed by atoms with E-state index < -0.39 is 28.7 Å². The molecule has 1 atom stereocenters. The van der Waals surface area contributed by atoms with Crippen molar-refractivity contribution in [1.29, 1.82) is 0 Å². The predicted octanol–water partition coefficient (Wildman–Crippen LogP) is 4.78. The number of aromatic nitrogens is 1. The van der Waals surface area contributed by atoms with E-state index in [-0.39, 0.29) is 23.7 Å². The van der Waals surface area contributed by atoms with Gasteiger partial charge in [-0.2, -0.15) is 0 Å². The number of carbonyl (C=O) groups is 1. The van der Waals surface area contributed by atoms with Crippen molar-refractivity contribution in [2.45, 2.75) is 32.2 Å². The van der Waals surface area contributed by atoms with Crippen LogP contribution in [0.1, 0.15) is 42.8 Å². The minimum atomic E-state index is -1.16. The van der Waals surface area contributed by atoms with Gasteiger partial charge in [0.05, 0.1) is 17.2 Å². The zero-order valence-electron chi connectivity index (χ0n) is 15.5. The number of carbonyl (C=O) groups excluding carboxylic acids is 1. The Morgan fingerprint density at radius 3 is 2.79 bits per heavy atom. The summed E-state index contributed by atoms with van der Waals surface area (Å²) in [6.45, 7) is 1.89. The molecule has 1 aliphatic heterocycles. The first kappa shape index (κ1) is 20.0. The highest BCUT2D eigenvalue weighted by molar-refractivity contribution is 7.11. The van der Waals surface area contributed by atoms with E-state index in [2.05, 4.69) is 15.3 Å². The van der Waals surface area contributed by atoms with Crippen molar-refractivity contribution in [3.8, 4) is 0 Å². The normalized spacial score (nSPS) is 19.4. The van der Waals surface area contributed by atoms with Crippen LogP contribution in [0.2, 0.25) is 5.02 Å². The molecular formula is C20H18ClF2N3O2S. The van der Waals surface area contributed by atoms with Crippen LogP contribution in [0.25, 0.3) is 0 Å². The molecule has 1 saturated carbocycles. The molecule has 29 heavy (non-hydrogen) atoms. The number of hydrogen-bond donors (Lipinski definition) is 1. The van der Waals surface area contributed by atoms with E-state index in [4.69, 9.17) is 16.3 Å². The average Bonchev–Trinajstić information content (AvgIpc) is 3.19. The molecule has 0 saturated heterocycles. The number of amidine groups is 1. The fraction of sp³-hybridized carbons (Fsp3) is 0.350. The monoisotopic (exact) mass is 437 g/mol. The maximum absolute atomic E-state index is 14.2. The number of halogens is 3. The van der Waals surface area contributed by atoms with Crippen LogP contribution in [0.15, 0.2) is 40.0 Å². The van der Waals surface area contributed by atoms with Crippen LogP contribution in [0.4, 0.5) is 8.78 Å². The highest BCUT2D eigenvalue weighted by atomic mass is 35.5. The van der Waals surface area contributed by atoms with Crippen molar-refractivity contribution in [2.24, 2.45) is 10.9 Å². The fourth-order valence-electron chi connectivity index (χ4n) is 3.44. The van der Waals surface area contributed by atoms with Crippen LogP contribution < -0.4 is 5.32 Å². The van der Waals surface area contributed by atoms with E-state index >= 15 is 0 Å². The molecule has 1 unspecified atom stereocenters. The zero-order chi connectivity index (χ0) is 20.5. The molecule has 0 radical (unpaired) electrons. The summed E-state index contributed by atoms with van der Waals surface area (Å²) < 4.78 is 33.1. The number of allylic oxidation sites excluding steroid dienone is 1. The van der Waals surface area contributed by atoms with E-state index in [1.807, 2.05) is 5.38 Å². The molecule has 152 valence electrons. The molecule has 0 bridgehead atoms. The van der Waals surface area contributed by atoms with E-state index in [1.165, 1.54) is 17.4 Å². The van der Waals surface area contributed by atoms with Crippen molar-refractivity contribution >= 4 is 34.7 Å². The van der Waals surface area contributed by atoms with Gasteiger partial charge in [0.15, 0.2) is 22.5 Å². The minimum Gasteiger partial charge on any atom is -0.463 e. The van der Waals surface area contributed by atoms with E-state index in [0.717, 1.165) is 25.3 Å². The summed E-state index contributed by atoms with van der Waals surface area (Å²) in [6, 6.07) is 1.42. The molecule has 1 aromatic carbocycles. The number of benzene rings is 1. The Labute approximate surface area is 175 Å². The quantitative estimate of drug-likeness (QED) is 0.540. The van der Waals surface area contributed by atoms with Gasteiger partial charge in [0.25, 0.3) is 0 Å². The lowest BCUT2D eigenvalue weighted by Gasteiger charge is -2.35. The summed E-state index contributed by atoms with van der Waals surface area (Å²) in [5, 5.41) is 5.31. The Balaban J connectivity index is 1.90. The number of thiazole rings is 1. The number of esters is 1. The molecule has 5 nitrogen and oxygen atoms in total. The lowest BCUT2D eigenvalue weighted by atomic mass is 9.79. The molecule has 9 heteroatoms. The largest absolute Gasteiger partial charge is 0.463 e. The number of rotatable bonds is 5. The van der Waals surface area contributed by atoms with E-state index in [9.17, 15) is 13.6 Å². The molecule has 0 spiro atoms. The van der Waals surface area contributed by atoms with Gasteiger partial charge in [-0.3, -0.25) is 4.99 Å². The lowest BCUT2D eigenvalue weighted by molar-refractivity contribution is -0.139. The second-order valence-corrected chi connectivity index (χ2v) is 8.06. The molecule has 2 aliphatic rings. The number of hydrogen-bond acceptors (Lipinski definition) is 6. The van der Waals surface area contributed by atoms with Gasteiger partial charge in [-0.15, -0.1) is 11.3 Å². The van der Waals surface area contributed by atoms with Gasteiger partial charge in [-0.05, 0) is 31.7 Å². The second kappa shape index (κ2) is 8.20. The molecule has 1 fully saturated rings. The Morgan fingerprint density at radius 2 is 2.17 bits per heavy atom. The minimum absolute atomic E-state index is 0.131. The van der Waals surface area contributed by atoms with Crippen molar-refractivity contribution in [2.75, 3.05) is 6.61 Å². The molecule has 1 N–H and O–H groups in total. The van der Waals surface area contributed by atoms with Crippen molar-refractivity contribution in [3.05, 3.63) is 62.2 Å². The maximum Gasteiger partial charge on any atom is 0.338 e. The second-order valence-electron chi connectivity index (χ2n) is 6.78. The third kappa shape index (κ3) is 3.67. The van der Waals surface area contributed by atoms with Gasteiger partial charge < -0.3 is 10.1 Å². The first-order valence-corrected chi connectivity index (χ1v) is 10.6. The number of nitrogens with one attached hydrogen (secondary N) is 1. The van der Waals surface area contributed by atoms with Gasteiger partial charge in [0.2, 0.25) is 0 Å². The SMILES string of the molecule is CCOC(=O)C1=C(C2CCC2)NC(c2nccs2)=NC1c1ccc(F)c(F)c1Cl. The standard InChI is InChI=1S/C20H18ClF2N3O2S/c1-2-28-20(27)13-16(10-4-3-5-10)25-18(19-24-8-9-29-19)26-17(13)11-6-7-12(22)15(23)14(11)21/h6-10,17H,2-5H2,1H3,(H,25,26). The third-order valence-electron chi connectivity index (χ3n) is 5.08. The summed E-state index contributed by atoms with van der Waals surface area (Å²) >= 11 is 7.52. The molecule has 2 heterocycles. The predicted molar refractivity (Wildman–Crippen MR) is 107 cm³/mol. The summed E-state index contributed by atoms with van der Waals surface area (Å²) in [5.41, 5.74) is 1.19. The van der Waals surface area contributed by atoms with Crippen LogP contribution in [0, 0.1) is 17.6 Å². The fourth-order valence-corrected chi connectivity index (χ4v) is 4.29. The van der Waals surface area contributed by atoms with Crippen molar-refractivity contribution < 1.29 is 18.3 Å². The maximum atomic E-state index is 14.2. The Morgan fingerprint density at radius 1 is 1.38 bits per heavy atom. The molecule has 1 aromatic heterocycles. The molecular weight excluding hydrogens is 420 g/mol. The summed E-state index contributed by atoms with van der Waals surface area (Å²) in [6.07, 6.45) is 4.52. The van der Waals surface area contributed by atoms with Gasteiger partial charge in [0, 0.05) is 22.8 Å². The highest BCUT2D eigenvalue weighted by Crippen LogP contribution is 2.42. The summed E-state index contributed by atoms with van der Waals surface area (Å²) in [7, 11) is 0. The summed E-state index contributed by atoms with van der Waals surface area (Å²) in [4.78, 5) is 21.8. The Bertz CT molecular complexity index is 1000. The average molecular weight is 438 g/mol. The van der Waals surface area contributed by atoms with Crippen LogP contribution in [-0.4, -0.2) is 23.4 Å². The third-order valence-corrected chi connectivity index (χ3v) is 6.24. The Hall–Kier alpha value is -2.32. The zero-order valence-corrected chi connectivity index (χ0v) is 17.1. The molecule has 0 amide bonds. The number of nitrogens with zero attached hydrogens (tertiary/aromatic N) is 2. The van der Waals surface area contributed by atoms with Crippen molar-refractivity contribution in [1.82, 2.24) is 10.3 Å². The van der Waals surface area contributed by atoms with Gasteiger partial charge >= 0.3 is 5.97 Å². The summed E-state index contributed by atoms with van der Waals surface area (Å²) in [5.74, 6) is -2.17. The highest BCUT2D eigenvalue weighted by Gasteiger charge is 2.38. The topological polar surface area (TPSA) is 63.6 Å². The van der Waals surface area contributed by atoms with E-state index in [0.29, 0.717) is 16.5 Å². The number of ether oxygens (including phenoxy) is 1. The Kier molecular flexibility index (Phi) is 5.65. The van der Waals surface area contributed by atoms with Crippen LogP contribution in [-0.2, 0) is 9.53 Å². The molecule has 4 rings (SSSR count). The van der Waals surface area contributed by atoms with Gasteiger partial charge in [0.1, 0.15) is 6.04 Å². The molecule has 2 aromatic rings. The van der Waals surface area contributed by atoms with Gasteiger partial charge in [-0.1, -0.05) is 24.1 Å². The lowest BCUT2D eigenvalue weighted by Crippen LogP contribution is -2.38. The van der Waals surface area contributed by atoms with Crippen LogP contribution >= 0.6 is 22.9 Å². The van der Waals surface area contributed by atoms with Crippen LogP contribution in [0.3, 0.4) is 0 Å². The smallest absolute Gasteiger partial charge is 0.338 e. The first-order valence-electron chi connectivity index (χ1n) is 9.30.